The van der Waals surface area contributed by atoms with Crippen molar-refractivity contribution in [3.8, 4) is 0 Å². The number of benzene rings is 1. The van der Waals surface area contributed by atoms with Crippen LogP contribution >= 0.6 is 11.6 Å². The molecule has 30 heavy (non-hydrogen) atoms. The summed E-state index contributed by atoms with van der Waals surface area (Å²) < 4.78 is 56.1. The van der Waals surface area contributed by atoms with E-state index in [1.807, 2.05) is 20.8 Å². The van der Waals surface area contributed by atoms with Gasteiger partial charge in [0.1, 0.15) is 5.82 Å². The van der Waals surface area contributed by atoms with Gasteiger partial charge in [-0.2, -0.15) is 0 Å². The summed E-state index contributed by atoms with van der Waals surface area (Å²) in [7, 11) is 0. The molecule has 160 valence electrons. The monoisotopic (exact) mass is 442 g/mol. The fraction of sp³-hybridized carbons (Fsp3) is 0.474. The van der Waals surface area contributed by atoms with Crippen LogP contribution in [0.5, 0.6) is 0 Å². The normalized spacial score (nSPS) is 16.6. The second-order valence-corrected chi connectivity index (χ2v) is 8.83. The lowest BCUT2D eigenvalue weighted by molar-refractivity contribution is 0.0257. The van der Waals surface area contributed by atoms with Crippen LogP contribution in [0, 0.1) is 11.6 Å². The van der Waals surface area contributed by atoms with Crippen LogP contribution in [-0.2, 0) is 12.0 Å². The molecule has 0 spiro atoms. The van der Waals surface area contributed by atoms with Crippen molar-refractivity contribution in [1.29, 1.82) is 0 Å². The van der Waals surface area contributed by atoms with Crippen molar-refractivity contribution in [2.24, 2.45) is 0 Å². The van der Waals surface area contributed by atoms with E-state index in [1.54, 1.807) is 0 Å². The van der Waals surface area contributed by atoms with Crippen molar-refractivity contribution >= 4 is 28.6 Å². The Kier molecular flexibility index (Phi) is 4.87. The maximum atomic E-state index is 13.8. The van der Waals surface area contributed by atoms with Crippen LogP contribution in [0.3, 0.4) is 0 Å². The largest absolute Gasteiger partial charge is 0.348 e. The van der Waals surface area contributed by atoms with Crippen molar-refractivity contribution in [2.45, 2.75) is 45.1 Å². The summed E-state index contributed by atoms with van der Waals surface area (Å²) in [5.41, 5.74) is 0.382. The van der Waals surface area contributed by atoms with Gasteiger partial charge in [0.05, 0.1) is 13.1 Å². The molecule has 0 N–H and O–H groups in total. The molecule has 1 aromatic carbocycles. The van der Waals surface area contributed by atoms with E-state index in [1.165, 1.54) is 9.58 Å². The highest BCUT2D eigenvalue weighted by Crippen LogP contribution is 2.34. The van der Waals surface area contributed by atoms with Crippen LogP contribution in [0.4, 0.5) is 23.4 Å². The Hall–Kier alpha value is -2.49. The Morgan fingerprint density at radius 2 is 1.83 bits per heavy atom. The standard InChI is InChI=1S/C19H19ClF4N6/c1-18(2,3)17-25-15(29-5-4-19(23,24)9-29)14-16(26-17)30(28-27-14)8-10-6-12(21)13(22)7-11(10)20/h6-7H,4-5,8-9H2,1-3H3. The van der Waals surface area contributed by atoms with E-state index in [4.69, 9.17) is 11.6 Å². The Morgan fingerprint density at radius 1 is 1.13 bits per heavy atom. The summed E-state index contributed by atoms with van der Waals surface area (Å²) >= 11 is 6.05. The first kappa shape index (κ1) is 20.8. The van der Waals surface area contributed by atoms with Crippen LogP contribution in [0.25, 0.3) is 11.2 Å². The lowest BCUT2D eigenvalue weighted by Crippen LogP contribution is -2.27. The molecule has 4 rings (SSSR count). The molecule has 0 aliphatic carbocycles. The van der Waals surface area contributed by atoms with Crippen LogP contribution in [0.2, 0.25) is 5.02 Å². The van der Waals surface area contributed by atoms with E-state index in [2.05, 4.69) is 20.3 Å². The van der Waals surface area contributed by atoms with Gasteiger partial charge in [0, 0.05) is 23.4 Å². The summed E-state index contributed by atoms with van der Waals surface area (Å²) in [6.45, 7) is 5.34. The number of hydrogen-bond donors (Lipinski definition) is 0. The third-order valence-corrected chi connectivity index (χ3v) is 5.25. The fourth-order valence-corrected chi connectivity index (χ4v) is 3.48. The summed E-state index contributed by atoms with van der Waals surface area (Å²) in [6, 6.07) is 1.87. The Bertz CT molecular complexity index is 1120. The third-order valence-electron chi connectivity index (χ3n) is 4.89. The Morgan fingerprint density at radius 3 is 2.47 bits per heavy atom. The quantitative estimate of drug-likeness (QED) is 0.446. The highest BCUT2D eigenvalue weighted by molar-refractivity contribution is 6.31. The maximum Gasteiger partial charge on any atom is 0.266 e. The van der Waals surface area contributed by atoms with Gasteiger partial charge in [-0.25, -0.2) is 32.2 Å². The molecule has 0 amide bonds. The lowest BCUT2D eigenvalue weighted by Gasteiger charge is -2.22. The molecular weight excluding hydrogens is 424 g/mol. The predicted molar refractivity (Wildman–Crippen MR) is 104 cm³/mol. The van der Waals surface area contributed by atoms with E-state index < -0.39 is 29.5 Å². The molecule has 2 aromatic heterocycles. The van der Waals surface area contributed by atoms with Gasteiger partial charge in [0.25, 0.3) is 5.92 Å². The molecular formula is C19H19ClF4N6. The van der Waals surface area contributed by atoms with E-state index >= 15 is 0 Å². The molecule has 1 aliphatic heterocycles. The molecule has 1 saturated heterocycles. The first-order valence-corrected chi connectivity index (χ1v) is 9.70. The van der Waals surface area contributed by atoms with E-state index in [0.29, 0.717) is 11.5 Å². The van der Waals surface area contributed by atoms with Gasteiger partial charge in [-0.1, -0.05) is 37.6 Å². The molecule has 0 radical (unpaired) electrons. The Balaban J connectivity index is 1.83. The minimum Gasteiger partial charge on any atom is -0.348 e. The summed E-state index contributed by atoms with van der Waals surface area (Å²) in [5, 5.41) is 8.17. The fourth-order valence-electron chi connectivity index (χ4n) is 3.27. The number of halogens is 5. The summed E-state index contributed by atoms with van der Waals surface area (Å²) in [5.74, 6) is -4.19. The zero-order chi connectivity index (χ0) is 21.8. The highest BCUT2D eigenvalue weighted by Gasteiger charge is 2.40. The van der Waals surface area contributed by atoms with E-state index in [9.17, 15) is 17.6 Å². The first-order chi connectivity index (χ1) is 13.9. The van der Waals surface area contributed by atoms with Crippen molar-refractivity contribution in [2.75, 3.05) is 18.0 Å². The van der Waals surface area contributed by atoms with Crippen molar-refractivity contribution in [3.63, 3.8) is 0 Å². The molecule has 6 nitrogen and oxygen atoms in total. The van der Waals surface area contributed by atoms with Crippen LogP contribution < -0.4 is 4.90 Å². The maximum absolute atomic E-state index is 13.8. The highest BCUT2D eigenvalue weighted by atomic mass is 35.5. The molecule has 3 aromatic rings. The third kappa shape index (κ3) is 3.80. The molecule has 0 bridgehead atoms. The van der Waals surface area contributed by atoms with Gasteiger partial charge in [-0.15, -0.1) is 5.10 Å². The minimum atomic E-state index is -2.81. The van der Waals surface area contributed by atoms with Gasteiger partial charge < -0.3 is 4.90 Å². The summed E-state index contributed by atoms with van der Waals surface area (Å²) in [4.78, 5) is 10.5. The number of alkyl halides is 2. The van der Waals surface area contributed by atoms with Crippen molar-refractivity contribution in [1.82, 2.24) is 25.0 Å². The first-order valence-electron chi connectivity index (χ1n) is 9.32. The molecule has 0 unspecified atom stereocenters. The SMILES string of the molecule is CC(C)(C)c1nc(N2CCC(F)(F)C2)c2nnn(Cc3cc(F)c(F)cc3Cl)c2n1. The van der Waals surface area contributed by atoms with Gasteiger partial charge in [0.15, 0.2) is 28.6 Å². The second-order valence-electron chi connectivity index (χ2n) is 8.43. The zero-order valence-corrected chi connectivity index (χ0v) is 17.3. The second kappa shape index (κ2) is 7.04. The molecule has 0 saturated carbocycles. The van der Waals surface area contributed by atoms with Crippen molar-refractivity contribution < 1.29 is 17.6 Å². The van der Waals surface area contributed by atoms with Gasteiger partial charge in [-0.05, 0) is 17.7 Å². The average molecular weight is 443 g/mol. The van der Waals surface area contributed by atoms with Gasteiger partial charge in [0.2, 0.25) is 0 Å². The van der Waals surface area contributed by atoms with E-state index in [0.717, 1.165) is 12.1 Å². The minimum absolute atomic E-state index is 0.0251. The van der Waals surface area contributed by atoms with E-state index in [-0.39, 0.29) is 41.4 Å². The number of fused-ring (bicyclic) bond motifs is 1. The van der Waals surface area contributed by atoms with Crippen LogP contribution in [0.15, 0.2) is 12.1 Å². The number of anilines is 1. The smallest absolute Gasteiger partial charge is 0.266 e. The molecule has 1 aliphatic rings. The lowest BCUT2D eigenvalue weighted by atomic mass is 9.96. The van der Waals surface area contributed by atoms with Gasteiger partial charge >= 0.3 is 0 Å². The Labute approximate surface area is 174 Å². The van der Waals surface area contributed by atoms with Crippen LogP contribution in [-0.4, -0.2) is 44.0 Å². The molecule has 3 heterocycles. The molecule has 0 atom stereocenters. The summed E-state index contributed by atoms with van der Waals surface area (Å²) in [6.07, 6.45) is -0.276. The van der Waals surface area contributed by atoms with Crippen molar-refractivity contribution in [3.05, 3.63) is 40.2 Å². The number of aromatic nitrogens is 5. The van der Waals surface area contributed by atoms with Gasteiger partial charge in [-0.3, -0.25) is 0 Å². The number of rotatable bonds is 3. The predicted octanol–water partition coefficient (Wildman–Crippen LogP) is 4.34. The zero-order valence-electron chi connectivity index (χ0n) is 16.6. The van der Waals surface area contributed by atoms with Crippen LogP contribution in [0.1, 0.15) is 38.6 Å². The topological polar surface area (TPSA) is 59.7 Å². The average Bonchev–Trinajstić information content (AvgIpc) is 3.21. The molecule has 1 fully saturated rings. The number of hydrogen-bond acceptors (Lipinski definition) is 5. The number of nitrogens with zero attached hydrogens (tertiary/aromatic N) is 6. The molecule has 11 heteroatoms.